The summed E-state index contributed by atoms with van der Waals surface area (Å²) in [6, 6.07) is 0. The second kappa shape index (κ2) is 7.50. The van der Waals surface area contributed by atoms with Crippen LogP contribution >= 0.6 is 7.82 Å². The van der Waals surface area contributed by atoms with Crippen LogP contribution in [0.25, 0.3) is 0 Å². The summed E-state index contributed by atoms with van der Waals surface area (Å²) in [6.07, 6.45) is 0. The molecule has 0 amide bonds. The molecule has 0 rings (SSSR count). The Kier molecular flexibility index (Phi) is 22.1. The topological polar surface area (TPSA) is 80.6 Å². The average molecular weight is 162 g/mol. The van der Waals surface area contributed by atoms with Gasteiger partial charge in [0.15, 0.2) is 0 Å². The summed E-state index contributed by atoms with van der Waals surface area (Å²) in [6.45, 7) is 0. The van der Waals surface area contributed by atoms with Gasteiger partial charge in [-0.25, -0.2) is 0 Å². The van der Waals surface area contributed by atoms with Crippen molar-refractivity contribution in [2.24, 2.45) is 0 Å². The van der Waals surface area contributed by atoms with Crippen LogP contribution in [0.1, 0.15) is 0 Å². The quantitative estimate of drug-likeness (QED) is 0.274. The molecule has 8 heteroatoms. The molecule has 0 saturated heterocycles. The van der Waals surface area contributed by atoms with Crippen molar-refractivity contribution in [3.05, 3.63) is 0 Å². The molecule has 8 heavy (non-hydrogen) atoms. The van der Waals surface area contributed by atoms with Crippen LogP contribution < -0.4 is 14.3 Å². The van der Waals surface area contributed by atoms with Crippen LogP contribution in [-0.4, -0.2) is 27.1 Å². The minimum Gasteiger partial charge on any atom is -1.00 e. The molecule has 0 aliphatic carbocycles. The van der Waals surface area contributed by atoms with Crippen LogP contribution in [0, 0.1) is 0 Å². The predicted molar refractivity (Wildman–Crippen MR) is 17.8 cm³/mol. The third-order valence-electron chi connectivity index (χ3n) is 0. The second-order valence-electron chi connectivity index (χ2n) is 0.491. The summed E-state index contributed by atoms with van der Waals surface area (Å²) in [5, 5.41) is 0. The molecule has 0 atom stereocenters. The van der Waals surface area contributed by atoms with Gasteiger partial charge in [0.1, 0.15) is 0 Å². The van der Waals surface area contributed by atoms with E-state index in [1.807, 2.05) is 0 Å². The molecular weight excluding hydrogens is 160 g/mol. The molecule has 4 nitrogen and oxygen atoms in total. The third kappa shape index (κ3) is 780. The van der Waals surface area contributed by atoms with Crippen LogP contribution in [-0.2, 0) is 4.57 Å². The van der Waals surface area contributed by atoms with Gasteiger partial charge in [0, 0.05) is 0 Å². The van der Waals surface area contributed by atoms with Crippen LogP contribution in [0.5, 0.6) is 0 Å². The predicted octanol–water partition coefficient (Wildman–Crippen LogP) is -7.93. The van der Waals surface area contributed by atoms with Crippen molar-refractivity contribution in [3.8, 4) is 0 Å². The molecule has 0 aromatic carbocycles. The van der Waals surface area contributed by atoms with Gasteiger partial charge in [0.25, 0.3) is 7.82 Å². The average Bonchev–Trinajstić information content (AvgIpc) is 0.722. The van der Waals surface area contributed by atoms with Crippen molar-refractivity contribution >= 4 is 25.2 Å². The maximum Gasteiger partial charge on any atom is 3.00 e. The van der Waals surface area contributed by atoms with E-state index in [-0.39, 0.29) is 26.8 Å². The molecule has 0 saturated carbocycles. The normalized spacial score (nSPS) is 7.38. The van der Waals surface area contributed by atoms with Gasteiger partial charge in [-0.1, -0.05) is 0 Å². The number of halogens is 2. The van der Waals surface area contributed by atoms with Gasteiger partial charge < -0.3 is 24.1 Å². The molecule has 0 radical (unpaired) electrons. The first-order valence-electron chi connectivity index (χ1n) is 0.765. The van der Waals surface area contributed by atoms with E-state index in [2.05, 4.69) is 0 Å². The largest absolute Gasteiger partial charge is 3.00 e. The molecule has 0 spiro atoms. The van der Waals surface area contributed by atoms with Gasteiger partial charge >= 0.3 is 17.4 Å². The van der Waals surface area contributed by atoms with Crippen LogP contribution in [0.3, 0.4) is 0 Å². The monoisotopic (exact) mass is 162 g/mol. The van der Waals surface area contributed by atoms with E-state index in [0.717, 1.165) is 0 Å². The van der Waals surface area contributed by atoms with Gasteiger partial charge in [-0.15, -0.1) is 0 Å². The Morgan fingerprint density at radius 1 is 1.25 bits per heavy atom. The zero-order chi connectivity index (χ0) is 4.50. The molecule has 2 N–H and O–H groups in total. The number of hydrogen-bond acceptors (Lipinski definition) is 2. The van der Waals surface area contributed by atoms with Crippen molar-refractivity contribution in [1.29, 1.82) is 0 Å². The van der Waals surface area contributed by atoms with Crippen LogP contribution in [0.15, 0.2) is 0 Å². The summed E-state index contributed by atoms with van der Waals surface area (Å²) in [5.41, 5.74) is 0. The molecule has 0 aliphatic heterocycles. The zero-order valence-electron chi connectivity index (χ0n) is 3.49. The van der Waals surface area contributed by atoms with Gasteiger partial charge in [0.05, 0.1) is 0 Å². The van der Waals surface area contributed by atoms with Crippen LogP contribution in [0.4, 0.5) is 0 Å². The van der Waals surface area contributed by atoms with E-state index in [9.17, 15) is 0 Å². The van der Waals surface area contributed by atoms with E-state index in [0.29, 0.717) is 0 Å². The number of hydrogen-bond donors (Lipinski definition) is 2. The molecule has 0 aromatic heterocycles. The molecule has 0 heterocycles. The first-order valence-corrected chi connectivity index (χ1v) is 2.30. The minimum absolute atomic E-state index is 0. The first kappa shape index (κ1) is 23.6. The molecule has 0 bridgehead atoms. The molecule has 48 valence electrons. The van der Waals surface area contributed by atoms with E-state index in [1.54, 1.807) is 0 Å². The van der Waals surface area contributed by atoms with Crippen LogP contribution in [0.2, 0.25) is 0 Å². The van der Waals surface area contributed by atoms with Crippen molar-refractivity contribution in [3.63, 3.8) is 0 Å². The smallest absolute Gasteiger partial charge is 1.00 e. The SMILES string of the molecule is O=P([O-])(O)O.[Al+3].[F-].[F-]. The number of rotatable bonds is 0. The summed E-state index contributed by atoms with van der Waals surface area (Å²) < 4.78 is 8.77. The summed E-state index contributed by atoms with van der Waals surface area (Å²) in [7, 11) is -4.89. The first-order chi connectivity index (χ1) is 2.00. The maximum atomic E-state index is 8.77. The summed E-state index contributed by atoms with van der Waals surface area (Å²) >= 11 is 0. The molecule has 0 unspecified atom stereocenters. The fraction of sp³-hybridized carbons (Fsp3) is 0. The maximum absolute atomic E-state index is 8.77. The van der Waals surface area contributed by atoms with Crippen molar-refractivity contribution in [2.75, 3.05) is 0 Å². The van der Waals surface area contributed by atoms with Crippen molar-refractivity contribution < 1.29 is 28.7 Å². The van der Waals surface area contributed by atoms with E-state index >= 15 is 0 Å². The molecule has 0 fully saturated rings. The Morgan fingerprint density at radius 3 is 1.25 bits per heavy atom. The second-order valence-corrected chi connectivity index (χ2v) is 1.47. The Labute approximate surface area is 54.6 Å². The van der Waals surface area contributed by atoms with E-state index in [1.165, 1.54) is 0 Å². The third-order valence-corrected chi connectivity index (χ3v) is 0. The standard InChI is InChI=1S/Al.2FH.H3O4P/c;;;1-5(2,3)4/h;2*1H;(H3,1,2,3,4)/q+3;;;/p-3. The fourth-order valence-corrected chi connectivity index (χ4v) is 0. The van der Waals surface area contributed by atoms with E-state index < -0.39 is 7.82 Å². The molecule has 0 aromatic rings. The fourth-order valence-electron chi connectivity index (χ4n) is 0. The van der Waals surface area contributed by atoms with Gasteiger partial charge in [0.2, 0.25) is 0 Å². The summed E-state index contributed by atoms with van der Waals surface area (Å²) in [4.78, 5) is 22.9. The Hall–Kier alpha value is 0.502. The Balaban J connectivity index is -0.0000000267. The molecule has 0 aliphatic rings. The zero-order valence-corrected chi connectivity index (χ0v) is 5.54. The Morgan fingerprint density at radius 2 is 1.25 bits per heavy atom. The minimum atomic E-state index is -4.89. The van der Waals surface area contributed by atoms with Crippen molar-refractivity contribution in [1.82, 2.24) is 0 Å². The van der Waals surface area contributed by atoms with Gasteiger partial charge in [-0.3, -0.25) is 4.57 Å². The van der Waals surface area contributed by atoms with Gasteiger partial charge in [-0.05, 0) is 0 Å². The Bertz CT molecular complexity index is 60.2. The van der Waals surface area contributed by atoms with E-state index in [4.69, 9.17) is 19.2 Å². The number of phosphoric acid groups is 1. The molecular formula is H2AlF2O4P. The van der Waals surface area contributed by atoms with Gasteiger partial charge in [-0.2, -0.15) is 0 Å². The summed E-state index contributed by atoms with van der Waals surface area (Å²) in [5.74, 6) is 0. The van der Waals surface area contributed by atoms with Crippen molar-refractivity contribution in [2.45, 2.75) is 0 Å².